The number of ether oxygens (including phenoxy) is 1. The highest BCUT2D eigenvalue weighted by Gasteiger charge is 2.23. The van der Waals surface area contributed by atoms with E-state index in [0.29, 0.717) is 18.2 Å². The topological polar surface area (TPSA) is 74.8 Å². The van der Waals surface area contributed by atoms with Crippen LogP contribution in [0, 0.1) is 5.92 Å². The molecule has 7 heteroatoms. The first-order valence-electron chi connectivity index (χ1n) is 7.07. The van der Waals surface area contributed by atoms with Gasteiger partial charge in [0.1, 0.15) is 5.69 Å². The smallest absolute Gasteiger partial charge is 0.360 e. The molecule has 0 bridgehead atoms. The van der Waals surface area contributed by atoms with E-state index in [-0.39, 0.29) is 5.69 Å². The predicted molar refractivity (Wildman–Crippen MR) is 77.6 cm³/mol. The van der Waals surface area contributed by atoms with Crippen molar-refractivity contribution in [3.8, 4) is 11.3 Å². The lowest BCUT2D eigenvalue weighted by Gasteiger charge is -2.11. The fraction of sp³-hybridized carbons (Fsp3) is 0.571. The second-order valence-corrected chi connectivity index (χ2v) is 5.26. The summed E-state index contributed by atoms with van der Waals surface area (Å²) in [4.78, 5) is 11.9. The molecule has 0 aliphatic carbocycles. The van der Waals surface area contributed by atoms with Gasteiger partial charge in [0.05, 0.1) is 13.3 Å². The van der Waals surface area contributed by atoms with Crippen molar-refractivity contribution in [2.75, 3.05) is 7.11 Å². The number of hydrogen-bond acceptors (Lipinski definition) is 5. The van der Waals surface area contributed by atoms with E-state index in [0.717, 1.165) is 18.4 Å². The highest BCUT2D eigenvalue weighted by atomic mass is 16.5. The van der Waals surface area contributed by atoms with Crippen molar-refractivity contribution in [1.82, 2.24) is 24.8 Å². The second kappa shape index (κ2) is 6.51. The number of rotatable bonds is 6. The fourth-order valence-corrected chi connectivity index (χ4v) is 2.38. The normalized spacial score (nSPS) is 12.4. The van der Waals surface area contributed by atoms with Crippen LogP contribution in [0.2, 0.25) is 0 Å². The van der Waals surface area contributed by atoms with E-state index in [1.54, 1.807) is 15.6 Å². The van der Waals surface area contributed by atoms with E-state index < -0.39 is 5.97 Å². The Labute approximate surface area is 123 Å². The zero-order valence-electron chi connectivity index (χ0n) is 12.9. The Kier molecular flexibility index (Phi) is 4.72. The molecule has 0 aromatic carbocycles. The summed E-state index contributed by atoms with van der Waals surface area (Å²) in [7, 11) is 3.17. The molecule has 0 saturated heterocycles. The Morgan fingerprint density at radius 3 is 2.81 bits per heavy atom. The number of aryl methyl sites for hydroxylation is 1. The Bertz CT molecular complexity index is 617. The summed E-state index contributed by atoms with van der Waals surface area (Å²) in [5, 5.41) is 12.3. The van der Waals surface area contributed by atoms with E-state index in [1.165, 1.54) is 7.11 Å². The molecule has 2 rings (SSSR count). The van der Waals surface area contributed by atoms with Crippen LogP contribution in [0.4, 0.5) is 0 Å². The van der Waals surface area contributed by atoms with Gasteiger partial charge in [0, 0.05) is 25.4 Å². The van der Waals surface area contributed by atoms with E-state index in [4.69, 9.17) is 4.74 Å². The Morgan fingerprint density at radius 2 is 2.24 bits per heavy atom. The minimum atomic E-state index is -0.483. The summed E-state index contributed by atoms with van der Waals surface area (Å²) in [5.41, 5.74) is 1.71. The molecule has 0 fully saturated rings. The van der Waals surface area contributed by atoms with E-state index in [9.17, 15) is 4.79 Å². The molecule has 7 nitrogen and oxygen atoms in total. The Hall–Kier alpha value is -2.18. The lowest BCUT2D eigenvalue weighted by molar-refractivity contribution is 0.0595. The fourth-order valence-electron chi connectivity index (χ4n) is 2.38. The standard InChI is InChI=1S/C14H21N5O2/c1-5-6-10(2)8-19-13(11-7-15-18(3)9-11)12(16-17-19)14(20)21-4/h7,9-10H,5-6,8H2,1-4H3. The van der Waals surface area contributed by atoms with Crippen molar-refractivity contribution < 1.29 is 9.53 Å². The van der Waals surface area contributed by atoms with Gasteiger partial charge in [-0.25, -0.2) is 9.48 Å². The van der Waals surface area contributed by atoms with Crippen molar-refractivity contribution >= 4 is 5.97 Å². The molecule has 2 aromatic heterocycles. The number of hydrogen-bond donors (Lipinski definition) is 0. The zero-order chi connectivity index (χ0) is 15.4. The van der Waals surface area contributed by atoms with Gasteiger partial charge in [0.15, 0.2) is 5.69 Å². The first-order valence-corrected chi connectivity index (χ1v) is 7.07. The number of esters is 1. The third-order valence-corrected chi connectivity index (χ3v) is 3.36. The second-order valence-electron chi connectivity index (χ2n) is 5.26. The van der Waals surface area contributed by atoms with Crippen LogP contribution < -0.4 is 0 Å². The van der Waals surface area contributed by atoms with Crippen molar-refractivity contribution in [1.29, 1.82) is 0 Å². The van der Waals surface area contributed by atoms with Crippen LogP contribution in [0.1, 0.15) is 37.2 Å². The number of nitrogens with zero attached hydrogens (tertiary/aromatic N) is 5. The zero-order valence-corrected chi connectivity index (χ0v) is 12.9. The molecule has 0 aliphatic rings. The monoisotopic (exact) mass is 291 g/mol. The van der Waals surface area contributed by atoms with Crippen LogP contribution in [-0.4, -0.2) is 37.9 Å². The van der Waals surface area contributed by atoms with E-state index in [2.05, 4.69) is 29.3 Å². The molecule has 114 valence electrons. The minimum absolute atomic E-state index is 0.231. The molecule has 1 atom stereocenters. The van der Waals surface area contributed by atoms with Gasteiger partial charge in [0.25, 0.3) is 0 Å². The van der Waals surface area contributed by atoms with Crippen molar-refractivity contribution in [3.05, 3.63) is 18.1 Å². The van der Waals surface area contributed by atoms with Crippen molar-refractivity contribution in [2.24, 2.45) is 13.0 Å². The number of methoxy groups -OCH3 is 1. The first-order chi connectivity index (χ1) is 10.1. The SMILES string of the molecule is CCCC(C)Cn1nnc(C(=O)OC)c1-c1cnn(C)c1. The minimum Gasteiger partial charge on any atom is -0.464 e. The van der Waals surface area contributed by atoms with Crippen LogP contribution in [0.5, 0.6) is 0 Å². The van der Waals surface area contributed by atoms with E-state index in [1.807, 2.05) is 13.2 Å². The molecule has 0 N–H and O–H groups in total. The molecule has 2 heterocycles. The highest BCUT2D eigenvalue weighted by Crippen LogP contribution is 2.23. The molecule has 0 radical (unpaired) electrons. The van der Waals surface area contributed by atoms with Gasteiger partial charge in [-0.15, -0.1) is 5.10 Å². The van der Waals surface area contributed by atoms with Crippen LogP contribution in [-0.2, 0) is 18.3 Å². The molecule has 0 amide bonds. The van der Waals surface area contributed by atoms with E-state index >= 15 is 0 Å². The predicted octanol–water partition coefficient (Wildman–Crippen LogP) is 1.90. The van der Waals surface area contributed by atoms with Crippen LogP contribution >= 0.6 is 0 Å². The number of aromatic nitrogens is 5. The van der Waals surface area contributed by atoms with Gasteiger partial charge in [0.2, 0.25) is 0 Å². The van der Waals surface area contributed by atoms with Crippen LogP contribution in [0.3, 0.4) is 0 Å². The molecule has 0 aliphatic heterocycles. The molecule has 0 saturated carbocycles. The molecule has 21 heavy (non-hydrogen) atoms. The summed E-state index contributed by atoms with van der Waals surface area (Å²) in [6.45, 7) is 5.03. The third-order valence-electron chi connectivity index (χ3n) is 3.36. The molecular weight excluding hydrogens is 270 g/mol. The van der Waals surface area contributed by atoms with Gasteiger partial charge in [-0.05, 0) is 12.3 Å². The first kappa shape index (κ1) is 15.2. The molecule has 1 unspecified atom stereocenters. The largest absolute Gasteiger partial charge is 0.464 e. The Balaban J connectivity index is 2.41. The Morgan fingerprint density at radius 1 is 1.48 bits per heavy atom. The van der Waals surface area contributed by atoms with Crippen molar-refractivity contribution in [2.45, 2.75) is 33.2 Å². The number of carbonyl (C=O) groups is 1. The summed E-state index contributed by atoms with van der Waals surface area (Å²) < 4.78 is 8.24. The molecular formula is C14H21N5O2. The van der Waals surface area contributed by atoms with Gasteiger partial charge >= 0.3 is 5.97 Å². The summed E-state index contributed by atoms with van der Waals surface area (Å²) in [6, 6.07) is 0. The maximum Gasteiger partial charge on any atom is 0.360 e. The lowest BCUT2D eigenvalue weighted by atomic mass is 10.1. The summed E-state index contributed by atoms with van der Waals surface area (Å²) in [6.07, 6.45) is 5.75. The van der Waals surface area contributed by atoms with Gasteiger partial charge in [-0.2, -0.15) is 5.10 Å². The van der Waals surface area contributed by atoms with Crippen molar-refractivity contribution in [3.63, 3.8) is 0 Å². The maximum absolute atomic E-state index is 11.9. The van der Waals surface area contributed by atoms with Gasteiger partial charge in [-0.1, -0.05) is 25.5 Å². The molecule has 2 aromatic rings. The average Bonchev–Trinajstić information content (AvgIpc) is 3.04. The lowest BCUT2D eigenvalue weighted by Crippen LogP contribution is -2.11. The molecule has 0 spiro atoms. The summed E-state index contributed by atoms with van der Waals surface area (Å²) >= 11 is 0. The van der Waals surface area contributed by atoms with Crippen LogP contribution in [0.25, 0.3) is 11.3 Å². The van der Waals surface area contributed by atoms with Crippen LogP contribution in [0.15, 0.2) is 12.4 Å². The quantitative estimate of drug-likeness (QED) is 0.760. The highest BCUT2D eigenvalue weighted by molar-refractivity contribution is 5.93. The number of carbonyl (C=O) groups excluding carboxylic acids is 1. The average molecular weight is 291 g/mol. The maximum atomic E-state index is 11.9. The summed E-state index contributed by atoms with van der Waals surface area (Å²) in [5.74, 6) is -0.0270. The van der Waals surface area contributed by atoms with Gasteiger partial charge < -0.3 is 4.74 Å². The third kappa shape index (κ3) is 3.29. The van der Waals surface area contributed by atoms with Gasteiger partial charge in [-0.3, -0.25) is 4.68 Å².